The van der Waals surface area contributed by atoms with Crippen molar-refractivity contribution in [3.05, 3.63) is 66.9 Å². The minimum absolute atomic E-state index is 0.0220. The number of amides is 1. The van der Waals surface area contributed by atoms with Crippen LogP contribution in [0.5, 0.6) is 0 Å². The molecule has 0 saturated carbocycles. The van der Waals surface area contributed by atoms with Gasteiger partial charge < -0.3 is 5.32 Å². The Morgan fingerprint density at radius 1 is 1.19 bits per heavy atom. The maximum absolute atomic E-state index is 12.7. The highest BCUT2D eigenvalue weighted by atomic mass is 16.2. The van der Waals surface area contributed by atoms with Crippen molar-refractivity contribution in [1.29, 1.82) is 0 Å². The molecule has 4 rings (SSSR count). The smallest absolute Gasteiger partial charge is 0.241 e. The van der Waals surface area contributed by atoms with Crippen molar-refractivity contribution in [3.8, 4) is 5.82 Å². The summed E-state index contributed by atoms with van der Waals surface area (Å²) in [5.41, 5.74) is 1.91. The molecule has 0 bridgehead atoms. The molecule has 1 atom stereocenters. The number of benzene rings is 1. The first-order chi connectivity index (χ1) is 12.8. The van der Waals surface area contributed by atoms with Crippen molar-refractivity contribution < 1.29 is 4.79 Å². The number of hydrogen-bond donors (Lipinski definition) is 1. The summed E-state index contributed by atoms with van der Waals surface area (Å²) in [5.74, 6) is 0.681. The maximum atomic E-state index is 12.7. The first-order valence-corrected chi connectivity index (χ1v) is 8.69. The lowest BCUT2D eigenvalue weighted by Crippen LogP contribution is -2.39. The lowest BCUT2D eigenvalue weighted by molar-refractivity contribution is -0.120. The fraction of sp³-hybridized carbons (Fsp3) is 0.263. The monoisotopic (exact) mass is 348 g/mol. The molecular weight excluding hydrogens is 328 g/mol. The summed E-state index contributed by atoms with van der Waals surface area (Å²) in [4.78, 5) is 23.2. The number of nitrogens with zero attached hydrogens (tertiary/aromatic N) is 5. The lowest BCUT2D eigenvalue weighted by atomic mass is 10.1. The molecule has 1 amide bonds. The van der Waals surface area contributed by atoms with E-state index in [4.69, 9.17) is 0 Å². The largest absolute Gasteiger partial charge is 0.323 e. The summed E-state index contributed by atoms with van der Waals surface area (Å²) in [6.07, 6.45) is 6.60. The summed E-state index contributed by atoms with van der Waals surface area (Å²) in [6.45, 7) is 1.74. The fourth-order valence-corrected chi connectivity index (χ4v) is 3.28. The zero-order valence-electron chi connectivity index (χ0n) is 14.3. The van der Waals surface area contributed by atoms with E-state index in [1.807, 2.05) is 24.3 Å². The number of nitrogens with one attached hydrogen (secondary N) is 1. The number of carbonyl (C=O) groups excluding carboxylic acids is 1. The molecule has 1 aromatic carbocycles. The van der Waals surface area contributed by atoms with Gasteiger partial charge in [0, 0.05) is 6.54 Å². The van der Waals surface area contributed by atoms with Gasteiger partial charge in [0.05, 0.1) is 17.9 Å². The molecule has 1 fully saturated rings. The van der Waals surface area contributed by atoms with Crippen molar-refractivity contribution in [3.63, 3.8) is 0 Å². The Bertz CT molecular complexity index is 848. The average molecular weight is 348 g/mol. The topological polar surface area (TPSA) is 75.9 Å². The van der Waals surface area contributed by atoms with Gasteiger partial charge in [-0.05, 0) is 37.1 Å². The minimum atomic E-state index is -0.106. The van der Waals surface area contributed by atoms with Crippen LogP contribution in [-0.4, -0.2) is 43.1 Å². The van der Waals surface area contributed by atoms with Gasteiger partial charge in [0.2, 0.25) is 5.91 Å². The van der Waals surface area contributed by atoms with Gasteiger partial charge in [-0.2, -0.15) is 5.10 Å². The predicted octanol–water partition coefficient (Wildman–Crippen LogP) is 2.27. The first-order valence-electron chi connectivity index (χ1n) is 8.69. The van der Waals surface area contributed by atoms with Gasteiger partial charge in [-0.15, -0.1) is 0 Å². The third-order valence-corrected chi connectivity index (χ3v) is 4.56. The van der Waals surface area contributed by atoms with E-state index in [0.29, 0.717) is 11.5 Å². The van der Waals surface area contributed by atoms with Crippen LogP contribution in [0.4, 0.5) is 5.69 Å². The summed E-state index contributed by atoms with van der Waals surface area (Å²) in [7, 11) is 0. The Labute approximate surface area is 151 Å². The molecular formula is C19H20N6O. The molecule has 1 aliphatic rings. The lowest BCUT2D eigenvalue weighted by Gasteiger charge is -2.23. The number of likely N-dealkylation sites (tertiary alicyclic amines) is 1. The molecule has 0 aliphatic carbocycles. The van der Waals surface area contributed by atoms with E-state index in [1.165, 1.54) is 11.9 Å². The van der Waals surface area contributed by atoms with Gasteiger partial charge in [-0.3, -0.25) is 9.69 Å². The van der Waals surface area contributed by atoms with Crippen molar-refractivity contribution in [1.82, 2.24) is 24.6 Å². The summed E-state index contributed by atoms with van der Waals surface area (Å²) in [6, 6.07) is 13.8. The molecule has 132 valence electrons. The highest BCUT2D eigenvalue weighted by Crippen LogP contribution is 2.21. The second-order valence-corrected chi connectivity index (χ2v) is 6.35. The summed E-state index contributed by atoms with van der Waals surface area (Å²) < 4.78 is 1.57. The van der Waals surface area contributed by atoms with E-state index >= 15 is 0 Å². The second-order valence-electron chi connectivity index (χ2n) is 6.35. The Balaban J connectivity index is 1.40. The van der Waals surface area contributed by atoms with Crippen LogP contribution in [0.3, 0.4) is 0 Å². The van der Waals surface area contributed by atoms with Gasteiger partial charge in [0.15, 0.2) is 5.82 Å². The van der Waals surface area contributed by atoms with E-state index in [-0.39, 0.29) is 11.9 Å². The summed E-state index contributed by atoms with van der Waals surface area (Å²) in [5, 5.41) is 7.02. The molecule has 1 saturated heterocycles. The average Bonchev–Trinajstić information content (AvgIpc) is 3.35. The van der Waals surface area contributed by atoms with E-state index in [9.17, 15) is 4.79 Å². The number of aromatic nitrogens is 4. The Morgan fingerprint density at radius 2 is 2.08 bits per heavy atom. The van der Waals surface area contributed by atoms with Crippen LogP contribution in [0, 0.1) is 0 Å². The number of rotatable bonds is 5. The molecule has 26 heavy (non-hydrogen) atoms. The number of anilines is 1. The second kappa shape index (κ2) is 7.45. The van der Waals surface area contributed by atoms with Crippen LogP contribution < -0.4 is 5.32 Å². The van der Waals surface area contributed by atoms with E-state index in [2.05, 4.69) is 37.4 Å². The van der Waals surface area contributed by atoms with Gasteiger partial charge in [-0.1, -0.05) is 30.3 Å². The minimum Gasteiger partial charge on any atom is -0.323 e. The van der Waals surface area contributed by atoms with Gasteiger partial charge in [0.25, 0.3) is 0 Å². The third-order valence-electron chi connectivity index (χ3n) is 4.56. The highest BCUT2D eigenvalue weighted by Gasteiger charge is 2.30. The van der Waals surface area contributed by atoms with Crippen LogP contribution in [0.15, 0.2) is 61.3 Å². The van der Waals surface area contributed by atoms with Gasteiger partial charge in [0.1, 0.15) is 12.7 Å². The van der Waals surface area contributed by atoms with Crippen LogP contribution in [0.1, 0.15) is 18.4 Å². The molecule has 7 nitrogen and oxygen atoms in total. The molecule has 0 spiro atoms. The molecule has 1 aliphatic heterocycles. The number of pyridine rings is 1. The van der Waals surface area contributed by atoms with Crippen LogP contribution in [0.25, 0.3) is 5.82 Å². The van der Waals surface area contributed by atoms with Crippen molar-refractivity contribution >= 4 is 11.6 Å². The van der Waals surface area contributed by atoms with Crippen LogP contribution in [0.2, 0.25) is 0 Å². The molecule has 3 aromatic rings. The van der Waals surface area contributed by atoms with Crippen molar-refractivity contribution in [2.24, 2.45) is 0 Å². The molecule has 7 heteroatoms. The molecule has 0 radical (unpaired) electrons. The van der Waals surface area contributed by atoms with Crippen molar-refractivity contribution in [2.45, 2.75) is 25.4 Å². The standard InChI is InChI=1S/C19H20N6O/c26-19(17-7-4-10-24(17)12-15-5-2-1-3-6-15)23-16-8-9-18(21-11-16)25-14-20-13-22-25/h1-3,5-6,8-9,11,13-14,17H,4,7,10,12H2,(H,23,26)/t17-/m0/s1. The normalized spacial score (nSPS) is 17.3. The Hall–Kier alpha value is -3.06. The third kappa shape index (κ3) is 3.62. The molecule has 2 aromatic heterocycles. The van der Waals surface area contributed by atoms with E-state index in [1.54, 1.807) is 23.3 Å². The SMILES string of the molecule is O=C(Nc1ccc(-n2cncn2)nc1)[C@@H]1CCCN1Cc1ccccc1. The zero-order valence-corrected chi connectivity index (χ0v) is 14.3. The number of hydrogen-bond acceptors (Lipinski definition) is 5. The molecule has 0 unspecified atom stereocenters. The van der Waals surface area contributed by atoms with Crippen LogP contribution in [-0.2, 0) is 11.3 Å². The van der Waals surface area contributed by atoms with Crippen molar-refractivity contribution in [2.75, 3.05) is 11.9 Å². The summed E-state index contributed by atoms with van der Waals surface area (Å²) >= 11 is 0. The van der Waals surface area contributed by atoms with E-state index in [0.717, 1.165) is 25.9 Å². The molecule has 1 N–H and O–H groups in total. The molecule has 3 heterocycles. The van der Waals surface area contributed by atoms with Crippen LogP contribution >= 0.6 is 0 Å². The maximum Gasteiger partial charge on any atom is 0.241 e. The fourth-order valence-electron chi connectivity index (χ4n) is 3.28. The Kier molecular flexibility index (Phi) is 4.70. The van der Waals surface area contributed by atoms with Gasteiger partial charge >= 0.3 is 0 Å². The number of carbonyl (C=O) groups is 1. The Morgan fingerprint density at radius 3 is 2.81 bits per heavy atom. The zero-order chi connectivity index (χ0) is 17.8. The predicted molar refractivity (Wildman–Crippen MR) is 97.7 cm³/mol. The quantitative estimate of drug-likeness (QED) is 0.765. The van der Waals surface area contributed by atoms with Gasteiger partial charge in [-0.25, -0.2) is 14.6 Å². The highest BCUT2D eigenvalue weighted by molar-refractivity contribution is 5.94. The van der Waals surface area contributed by atoms with E-state index < -0.39 is 0 Å². The first kappa shape index (κ1) is 16.4.